The maximum absolute atomic E-state index is 14.2. The molecule has 0 radical (unpaired) electrons. The van der Waals surface area contributed by atoms with Crippen molar-refractivity contribution in [2.45, 2.75) is 51.1 Å². The van der Waals surface area contributed by atoms with E-state index in [0.717, 1.165) is 53.3 Å². The third-order valence-electron chi connectivity index (χ3n) is 7.33. The average molecular weight is 496 g/mol. The van der Waals surface area contributed by atoms with Gasteiger partial charge in [-0.3, -0.25) is 14.5 Å². The Morgan fingerprint density at radius 2 is 1.70 bits per heavy atom. The van der Waals surface area contributed by atoms with E-state index in [4.69, 9.17) is 4.74 Å². The number of methoxy groups -OCH3 is 1. The lowest BCUT2D eigenvalue weighted by atomic mass is 9.97. The first-order valence-electron chi connectivity index (χ1n) is 12.9. The lowest BCUT2D eigenvalue weighted by Gasteiger charge is -2.33. The first-order chi connectivity index (χ1) is 18.0. The number of ether oxygens (including phenoxy) is 1. The van der Waals surface area contributed by atoms with E-state index in [1.54, 1.807) is 12.0 Å². The zero-order valence-corrected chi connectivity index (χ0v) is 21.4. The predicted octanol–water partition coefficient (Wildman–Crippen LogP) is 5.86. The van der Waals surface area contributed by atoms with E-state index >= 15 is 0 Å². The van der Waals surface area contributed by atoms with Gasteiger partial charge in [-0.1, -0.05) is 55.3 Å². The molecule has 1 saturated carbocycles. The Kier molecular flexibility index (Phi) is 7.26. The summed E-state index contributed by atoms with van der Waals surface area (Å²) in [6.45, 7) is 1.99. The van der Waals surface area contributed by atoms with Gasteiger partial charge in [-0.25, -0.2) is 0 Å². The number of benzene rings is 3. The molecule has 2 N–H and O–H groups in total. The summed E-state index contributed by atoms with van der Waals surface area (Å²) in [7, 11) is 1.61. The lowest BCUT2D eigenvalue weighted by Crippen LogP contribution is -2.47. The van der Waals surface area contributed by atoms with Gasteiger partial charge in [-0.15, -0.1) is 0 Å². The third kappa shape index (κ3) is 5.24. The molecule has 1 aliphatic rings. The van der Waals surface area contributed by atoms with Gasteiger partial charge < -0.3 is 15.0 Å². The van der Waals surface area contributed by atoms with Crippen LogP contribution in [0.25, 0.3) is 10.9 Å². The molecule has 0 aliphatic heterocycles. The molecule has 6 heteroatoms. The molecule has 3 aromatic carbocycles. The number of para-hydroxylation sites is 1. The van der Waals surface area contributed by atoms with Crippen LogP contribution in [-0.2, 0) is 16.0 Å². The zero-order chi connectivity index (χ0) is 25.8. The summed E-state index contributed by atoms with van der Waals surface area (Å²) < 4.78 is 5.36. The Morgan fingerprint density at radius 1 is 1.00 bits per heavy atom. The fourth-order valence-corrected chi connectivity index (χ4v) is 5.35. The molecule has 0 bridgehead atoms. The number of aryl methyl sites for hydroxylation is 1. The number of hydrogen-bond acceptors (Lipinski definition) is 3. The first-order valence-corrected chi connectivity index (χ1v) is 12.9. The maximum Gasteiger partial charge on any atom is 0.248 e. The fourth-order valence-electron chi connectivity index (χ4n) is 5.35. The quantitative estimate of drug-likeness (QED) is 0.321. The molecule has 190 valence electrons. The molecule has 1 fully saturated rings. The standard InChI is InChI=1S/C31H33N3O3/c1-21-9-3-6-12-26(21)30(31(36)33-23-10-4-5-11-23)34(24-15-17-25(37-2)18-16-24)29(35)19-22-20-32-28-14-8-7-13-27(22)28/h3,6-9,12-18,20,23,30,32H,4-5,10-11,19H2,1-2H3,(H,33,36)/t30-/m0/s1. The summed E-state index contributed by atoms with van der Waals surface area (Å²) in [5.74, 6) is 0.393. The van der Waals surface area contributed by atoms with Crippen molar-refractivity contribution in [2.75, 3.05) is 12.0 Å². The van der Waals surface area contributed by atoms with Crippen molar-refractivity contribution in [1.82, 2.24) is 10.3 Å². The van der Waals surface area contributed by atoms with Crippen molar-refractivity contribution in [3.05, 3.63) is 95.7 Å². The Balaban J connectivity index is 1.58. The van der Waals surface area contributed by atoms with Crippen molar-refractivity contribution in [3.8, 4) is 5.75 Å². The molecular weight excluding hydrogens is 462 g/mol. The number of H-pyrrole nitrogens is 1. The molecule has 0 unspecified atom stereocenters. The Morgan fingerprint density at radius 3 is 2.43 bits per heavy atom. The summed E-state index contributed by atoms with van der Waals surface area (Å²) in [6.07, 6.45) is 6.21. The molecule has 0 saturated heterocycles. The number of anilines is 1. The number of amides is 2. The van der Waals surface area contributed by atoms with E-state index in [2.05, 4.69) is 10.3 Å². The highest BCUT2D eigenvalue weighted by molar-refractivity contribution is 6.03. The molecule has 5 rings (SSSR count). The third-order valence-corrected chi connectivity index (χ3v) is 7.33. The summed E-state index contributed by atoms with van der Waals surface area (Å²) in [5.41, 5.74) is 4.32. The van der Waals surface area contributed by atoms with Crippen LogP contribution in [0.15, 0.2) is 79.0 Å². The fraction of sp³-hybridized carbons (Fsp3) is 0.290. The van der Waals surface area contributed by atoms with Crippen LogP contribution in [0, 0.1) is 6.92 Å². The molecule has 1 aliphatic carbocycles. The van der Waals surface area contributed by atoms with Gasteiger partial charge in [-0.2, -0.15) is 0 Å². The Bertz CT molecular complexity index is 1390. The Labute approximate surface area is 217 Å². The average Bonchev–Trinajstić information content (AvgIpc) is 3.58. The van der Waals surface area contributed by atoms with Crippen LogP contribution in [-0.4, -0.2) is 29.9 Å². The number of rotatable bonds is 8. The van der Waals surface area contributed by atoms with Crippen molar-refractivity contribution in [3.63, 3.8) is 0 Å². The monoisotopic (exact) mass is 495 g/mol. The Hall–Kier alpha value is -4.06. The summed E-state index contributed by atoms with van der Waals surface area (Å²) >= 11 is 0. The smallest absolute Gasteiger partial charge is 0.248 e. The number of nitrogens with zero attached hydrogens (tertiary/aromatic N) is 1. The summed E-state index contributed by atoms with van der Waals surface area (Å²) in [5, 5.41) is 4.26. The summed E-state index contributed by atoms with van der Waals surface area (Å²) in [4.78, 5) is 33.1. The van der Waals surface area contributed by atoms with Crippen LogP contribution in [0.5, 0.6) is 5.75 Å². The van der Waals surface area contributed by atoms with E-state index in [1.807, 2.05) is 85.9 Å². The number of fused-ring (bicyclic) bond motifs is 1. The minimum atomic E-state index is -0.798. The van der Waals surface area contributed by atoms with Crippen LogP contribution >= 0.6 is 0 Å². The SMILES string of the molecule is COc1ccc(N(C(=O)Cc2c[nH]c3ccccc23)[C@H](C(=O)NC2CCCC2)c2ccccc2C)cc1. The maximum atomic E-state index is 14.2. The molecule has 37 heavy (non-hydrogen) atoms. The first kappa shape index (κ1) is 24.6. The number of hydrogen-bond donors (Lipinski definition) is 2. The van der Waals surface area contributed by atoms with Gasteiger partial charge >= 0.3 is 0 Å². The van der Waals surface area contributed by atoms with Crippen LogP contribution in [0.3, 0.4) is 0 Å². The van der Waals surface area contributed by atoms with Gasteiger partial charge in [0.15, 0.2) is 0 Å². The lowest BCUT2D eigenvalue weighted by molar-refractivity contribution is -0.127. The number of carbonyl (C=O) groups excluding carboxylic acids is 2. The second kappa shape index (κ2) is 10.9. The molecule has 1 heterocycles. The van der Waals surface area contributed by atoms with Gasteiger partial charge in [0.25, 0.3) is 0 Å². The predicted molar refractivity (Wildman–Crippen MR) is 147 cm³/mol. The molecule has 2 amide bonds. The number of carbonyl (C=O) groups is 2. The van der Waals surface area contributed by atoms with Gasteiger partial charge in [-0.05, 0) is 66.8 Å². The minimum absolute atomic E-state index is 0.139. The van der Waals surface area contributed by atoms with E-state index in [1.165, 1.54) is 0 Å². The van der Waals surface area contributed by atoms with Crippen molar-refractivity contribution >= 4 is 28.4 Å². The van der Waals surface area contributed by atoms with Crippen molar-refractivity contribution < 1.29 is 14.3 Å². The normalized spacial score (nSPS) is 14.4. The second-order valence-corrected chi connectivity index (χ2v) is 9.75. The van der Waals surface area contributed by atoms with Crippen LogP contribution < -0.4 is 15.0 Å². The zero-order valence-electron chi connectivity index (χ0n) is 21.4. The van der Waals surface area contributed by atoms with Gasteiger partial charge in [0.05, 0.1) is 13.5 Å². The van der Waals surface area contributed by atoms with Crippen molar-refractivity contribution in [2.24, 2.45) is 0 Å². The number of aromatic nitrogens is 1. The molecule has 4 aromatic rings. The topological polar surface area (TPSA) is 74.4 Å². The summed E-state index contributed by atoms with van der Waals surface area (Å²) in [6, 6.07) is 22.4. The highest BCUT2D eigenvalue weighted by atomic mass is 16.5. The second-order valence-electron chi connectivity index (χ2n) is 9.75. The molecule has 6 nitrogen and oxygen atoms in total. The number of aromatic amines is 1. The van der Waals surface area contributed by atoms with Crippen molar-refractivity contribution in [1.29, 1.82) is 0 Å². The van der Waals surface area contributed by atoms with E-state index in [0.29, 0.717) is 11.4 Å². The molecule has 0 spiro atoms. The van der Waals surface area contributed by atoms with Gasteiger partial charge in [0.2, 0.25) is 11.8 Å². The van der Waals surface area contributed by atoms with Crippen LogP contribution in [0.2, 0.25) is 0 Å². The van der Waals surface area contributed by atoms with Gasteiger partial charge in [0.1, 0.15) is 11.8 Å². The van der Waals surface area contributed by atoms with Gasteiger partial charge in [0, 0.05) is 28.8 Å². The highest BCUT2D eigenvalue weighted by Crippen LogP contribution is 2.33. The molecular formula is C31H33N3O3. The van der Waals surface area contributed by atoms with Crippen LogP contribution in [0.1, 0.15) is 48.4 Å². The molecule has 1 atom stereocenters. The van der Waals surface area contributed by atoms with E-state index in [9.17, 15) is 9.59 Å². The molecule has 1 aromatic heterocycles. The van der Waals surface area contributed by atoms with E-state index in [-0.39, 0.29) is 24.3 Å². The number of nitrogens with one attached hydrogen (secondary N) is 2. The highest BCUT2D eigenvalue weighted by Gasteiger charge is 2.35. The van der Waals surface area contributed by atoms with Crippen LogP contribution in [0.4, 0.5) is 5.69 Å². The minimum Gasteiger partial charge on any atom is -0.497 e. The van der Waals surface area contributed by atoms with E-state index < -0.39 is 6.04 Å². The largest absolute Gasteiger partial charge is 0.497 e.